The van der Waals surface area contributed by atoms with E-state index in [1.54, 1.807) is 26.0 Å². The van der Waals surface area contributed by atoms with Crippen LogP contribution in [-0.4, -0.2) is 14.0 Å². The van der Waals surface area contributed by atoms with Crippen LogP contribution in [0.5, 0.6) is 0 Å². The number of benzene rings is 1. The Morgan fingerprint density at radius 1 is 1.21 bits per heavy atom. The van der Waals surface area contributed by atoms with Crippen molar-refractivity contribution >= 4 is 15.7 Å². The standard InChI is InChI=1S/C14H22N2O2S/c1-10-6-7-12(15)11(2)13(10)19(17,18)16-14(3)8-4-5-9-14/h6-7,16H,4-5,8-9,15H2,1-3H3. The van der Waals surface area contributed by atoms with Crippen LogP contribution in [0, 0.1) is 13.8 Å². The van der Waals surface area contributed by atoms with Gasteiger partial charge in [0.15, 0.2) is 0 Å². The summed E-state index contributed by atoms with van der Waals surface area (Å²) in [7, 11) is -3.52. The highest BCUT2D eigenvalue weighted by Crippen LogP contribution is 2.32. The quantitative estimate of drug-likeness (QED) is 0.837. The van der Waals surface area contributed by atoms with Crippen molar-refractivity contribution in [1.29, 1.82) is 0 Å². The zero-order valence-corrected chi connectivity index (χ0v) is 12.6. The first-order chi connectivity index (χ1) is 8.75. The summed E-state index contributed by atoms with van der Waals surface area (Å²) >= 11 is 0. The molecule has 0 spiro atoms. The molecule has 0 unspecified atom stereocenters. The molecule has 4 nitrogen and oxygen atoms in total. The maximum Gasteiger partial charge on any atom is 0.241 e. The van der Waals surface area contributed by atoms with E-state index in [0.29, 0.717) is 16.1 Å². The summed E-state index contributed by atoms with van der Waals surface area (Å²) in [6.45, 7) is 5.54. The summed E-state index contributed by atoms with van der Waals surface area (Å²) in [4.78, 5) is 0.334. The van der Waals surface area contributed by atoms with Crippen LogP contribution in [0.4, 0.5) is 5.69 Å². The first kappa shape index (κ1) is 14.3. The molecule has 3 N–H and O–H groups in total. The first-order valence-electron chi connectivity index (χ1n) is 6.65. The monoisotopic (exact) mass is 282 g/mol. The number of nitrogen functional groups attached to an aromatic ring is 1. The molecule has 0 heterocycles. The Hall–Kier alpha value is -1.07. The molecule has 1 fully saturated rings. The lowest BCUT2D eigenvalue weighted by Gasteiger charge is -2.26. The molecule has 1 aliphatic carbocycles. The summed E-state index contributed by atoms with van der Waals surface area (Å²) in [5, 5.41) is 0. The predicted octanol–water partition coefficient (Wildman–Crippen LogP) is 2.50. The van der Waals surface area contributed by atoms with Crippen molar-refractivity contribution in [1.82, 2.24) is 4.72 Å². The lowest BCUT2D eigenvalue weighted by Crippen LogP contribution is -2.43. The van der Waals surface area contributed by atoms with E-state index in [2.05, 4.69) is 4.72 Å². The van der Waals surface area contributed by atoms with Gasteiger partial charge < -0.3 is 5.73 Å². The third-order valence-corrected chi connectivity index (χ3v) is 5.93. The van der Waals surface area contributed by atoms with Crippen molar-refractivity contribution < 1.29 is 8.42 Å². The van der Waals surface area contributed by atoms with Crippen LogP contribution in [0.1, 0.15) is 43.7 Å². The van der Waals surface area contributed by atoms with E-state index in [1.165, 1.54) is 0 Å². The molecule has 0 bridgehead atoms. The zero-order chi connectivity index (χ0) is 14.3. The van der Waals surface area contributed by atoms with E-state index in [4.69, 9.17) is 5.73 Å². The van der Waals surface area contributed by atoms with Crippen molar-refractivity contribution in [2.45, 2.75) is 56.9 Å². The highest BCUT2D eigenvalue weighted by molar-refractivity contribution is 7.89. The van der Waals surface area contributed by atoms with Gasteiger partial charge >= 0.3 is 0 Å². The average Bonchev–Trinajstić information content (AvgIpc) is 2.69. The molecule has 0 amide bonds. The lowest BCUT2D eigenvalue weighted by atomic mass is 10.0. The fourth-order valence-corrected chi connectivity index (χ4v) is 4.86. The average molecular weight is 282 g/mol. The number of hydrogen-bond donors (Lipinski definition) is 2. The highest BCUT2D eigenvalue weighted by Gasteiger charge is 2.34. The molecular weight excluding hydrogens is 260 g/mol. The third-order valence-electron chi connectivity index (χ3n) is 4.00. The van der Waals surface area contributed by atoms with Gasteiger partial charge in [-0.25, -0.2) is 13.1 Å². The van der Waals surface area contributed by atoms with Crippen LogP contribution in [-0.2, 0) is 10.0 Å². The minimum absolute atomic E-state index is 0.317. The number of aryl methyl sites for hydroxylation is 1. The van der Waals surface area contributed by atoms with Gasteiger partial charge in [-0.15, -0.1) is 0 Å². The summed E-state index contributed by atoms with van der Waals surface area (Å²) in [6.07, 6.45) is 3.95. The molecule has 5 heteroatoms. The van der Waals surface area contributed by atoms with Crippen molar-refractivity contribution in [2.24, 2.45) is 0 Å². The molecule has 19 heavy (non-hydrogen) atoms. The van der Waals surface area contributed by atoms with E-state index in [1.807, 2.05) is 6.92 Å². The van der Waals surface area contributed by atoms with Gasteiger partial charge in [0.25, 0.3) is 0 Å². The van der Waals surface area contributed by atoms with Crippen LogP contribution >= 0.6 is 0 Å². The fraction of sp³-hybridized carbons (Fsp3) is 0.571. The summed E-state index contributed by atoms with van der Waals surface area (Å²) in [5.74, 6) is 0. The molecule has 1 aliphatic rings. The Kier molecular flexibility index (Phi) is 3.62. The van der Waals surface area contributed by atoms with Gasteiger partial charge in [-0.2, -0.15) is 0 Å². The number of rotatable bonds is 3. The largest absolute Gasteiger partial charge is 0.398 e. The Morgan fingerprint density at radius 2 is 1.79 bits per heavy atom. The smallest absolute Gasteiger partial charge is 0.241 e. The maximum absolute atomic E-state index is 12.6. The molecule has 106 valence electrons. The molecule has 1 aromatic rings. The Balaban J connectivity index is 2.43. The second-order valence-corrected chi connectivity index (χ2v) is 7.42. The molecule has 0 aromatic heterocycles. The Labute approximate surface area is 115 Å². The molecule has 0 saturated heterocycles. The van der Waals surface area contributed by atoms with Crippen molar-refractivity contribution in [3.63, 3.8) is 0 Å². The van der Waals surface area contributed by atoms with Gasteiger partial charge in [0, 0.05) is 11.2 Å². The summed E-state index contributed by atoms with van der Waals surface area (Å²) in [6, 6.07) is 3.51. The van der Waals surface area contributed by atoms with E-state index < -0.39 is 10.0 Å². The summed E-state index contributed by atoms with van der Waals surface area (Å²) in [5.41, 5.74) is 7.40. The van der Waals surface area contributed by atoms with Crippen LogP contribution in [0.2, 0.25) is 0 Å². The van der Waals surface area contributed by atoms with Gasteiger partial charge in [0.05, 0.1) is 4.90 Å². The second kappa shape index (κ2) is 4.80. The fourth-order valence-electron chi connectivity index (χ4n) is 2.89. The van der Waals surface area contributed by atoms with E-state index in [-0.39, 0.29) is 5.54 Å². The lowest BCUT2D eigenvalue weighted by molar-refractivity contribution is 0.427. The molecule has 2 rings (SSSR count). The van der Waals surface area contributed by atoms with Crippen LogP contribution in [0.15, 0.2) is 17.0 Å². The highest BCUT2D eigenvalue weighted by atomic mass is 32.2. The van der Waals surface area contributed by atoms with Crippen LogP contribution < -0.4 is 10.5 Å². The molecule has 0 radical (unpaired) electrons. The number of nitrogens with two attached hydrogens (primary N) is 1. The van der Waals surface area contributed by atoms with Gasteiger partial charge in [0.1, 0.15) is 0 Å². The van der Waals surface area contributed by atoms with Gasteiger partial charge in [-0.1, -0.05) is 18.9 Å². The van der Waals surface area contributed by atoms with Gasteiger partial charge in [-0.3, -0.25) is 0 Å². The molecule has 0 atom stereocenters. The SMILES string of the molecule is Cc1ccc(N)c(C)c1S(=O)(=O)NC1(C)CCCC1. The topological polar surface area (TPSA) is 72.2 Å². The van der Waals surface area contributed by atoms with Crippen molar-refractivity contribution in [3.05, 3.63) is 23.3 Å². The third kappa shape index (κ3) is 2.77. The van der Waals surface area contributed by atoms with Crippen LogP contribution in [0.25, 0.3) is 0 Å². The minimum atomic E-state index is -3.52. The minimum Gasteiger partial charge on any atom is -0.398 e. The first-order valence-corrected chi connectivity index (χ1v) is 8.13. The Bertz CT molecular complexity index is 588. The van der Waals surface area contributed by atoms with Gasteiger partial charge in [-0.05, 0) is 50.8 Å². The molecular formula is C14H22N2O2S. The number of sulfonamides is 1. The summed E-state index contributed by atoms with van der Waals surface area (Å²) < 4.78 is 28.1. The number of anilines is 1. The van der Waals surface area contributed by atoms with E-state index >= 15 is 0 Å². The van der Waals surface area contributed by atoms with Crippen molar-refractivity contribution in [3.8, 4) is 0 Å². The second-order valence-electron chi connectivity index (χ2n) is 5.80. The Morgan fingerprint density at radius 3 is 2.37 bits per heavy atom. The normalized spacial score (nSPS) is 18.7. The maximum atomic E-state index is 12.6. The number of hydrogen-bond acceptors (Lipinski definition) is 3. The molecule has 1 aromatic carbocycles. The predicted molar refractivity (Wildman–Crippen MR) is 77.5 cm³/mol. The van der Waals surface area contributed by atoms with Crippen molar-refractivity contribution in [2.75, 3.05) is 5.73 Å². The van der Waals surface area contributed by atoms with E-state index in [0.717, 1.165) is 31.2 Å². The zero-order valence-electron chi connectivity index (χ0n) is 11.8. The molecule has 0 aliphatic heterocycles. The number of nitrogens with one attached hydrogen (secondary N) is 1. The molecule has 1 saturated carbocycles. The van der Waals surface area contributed by atoms with E-state index in [9.17, 15) is 8.42 Å². The van der Waals surface area contributed by atoms with Gasteiger partial charge in [0.2, 0.25) is 10.0 Å². The van der Waals surface area contributed by atoms with Crippen LogP contribution in [0.3, 0.4) is 0 Å².